The Hall–Kier alpha value is -2.28. The fourth-order valence-corrected chi connectivity index (χ4v) is 4.48. The van der Waals surface area contributed by atoms with Crippen LogP contribution in [0.3, 0.4) is 0 Å². The van der Waals surface area contributed by atoms with Crippen LogP contribution >= 0.6 is 34.3 Å². The Morgan fingerprint density at radius 1 is 1.07 bits per heavy atom. The zero-order chi connectivity index (χ0) is 18.8. The summed E-state index contributed by atoms with van der Waals surface area (Å²) in [7, 11) is 0. The molecule has 3 aromatic heterocycles. The lowest BCUT2D eigenvalue weighted by Crippen LogP contribution is -2.22. The summed E-state index contributed by atoms with van der Waals surface area (Å²) in [5, 5.41) is 8.24. The number of thiazole rings is 1. The predicted octanol–water partition coefficient (Wildman–Crippen LogP) is 5.03. The van der Waals surface area contributed by atoms with E-state index in [9.17, 15) is 4.79 Å². The number of hydrogen-bond donors (Lipinski definition) is 0. The van der Waals surface area contributed by atoms with E-state index in [0.29, 0.717) is 6.54 Å². The van der Waals surface area contributed by atoms with Crippen LogP contribution in [-0.4, -0.2) is 14.8 Å². The second-order valence-electron chi connectivity index (χ2n) is 6.16. The van der Waals surface area contributed by atoms with Gasteiger partial charge in [0, 0.05) is 27.8 Å². The van der Waals surface area contributed by atoms with Gasteiger partial charge in [-0.3, -0.25) is 4.79 Å². The maximum Gasteiger partial charge on any atom is 0.267 e. The molecule has 0 saturated heterocycles. The van der Waals surface area contributed by atoms with Gasteiger partial charge in [0.05, 0.1) is 22.1 Å². The molecule has 4 nitrogen and oxygen atoms in total. The monoisotopic (exact) mass is 413 g/mol. The fraction of sp³-hybridized carbons (Fsp3) is 0.150. The maximum absolute atomic E-state index is 12.2. The highest BCUT2D eigenvalue weighted by Crippen LogP contribution is 2.25. The highest BCUT2D eigenvalue weighted by Gasteiger charge is 2.09. The van der Waals surface area contributed by atoms with Crippen molar-refractivity contribution in [3.63, 3.8) is 0 Å². The summed E-state index contributed by atoms with van der Waals surface area (Å²) >= 11 is 9.19. The van der Waals surface area contributed by atoms with E-state index in [-0.39, 0.29) is 5.56 Å². The second-order valence-corrected chi connectivity index (χ2v) is 8.83. The summed E-state index contributed by atoms with van der Waals surface area (Å²) in [5.74, 6) is 0. The van der Waals surface area contributed by atoms with Crippen molar-refractivity contribution >= 4 is 34.3 Å². The van der Waals surface area contributed by atoms with Crippen molar-refractivity contribution in [1.82, 2.24) is 14.8 Å². The van der Waals surface area contributed by atoms with Gasteiger partial charge < -0.3 is 0 Å². The van der Waals surface area contributed by atoms with Gasteiger partial charge in [-0.25, -0.2) is 9.67 Å². The van der Waals surface area contributed by atoms with Crippen LogP contribution in [0.5, 0.6) is 0 Å². The molecule has 4 aromatic rings. The van der Waals surface area contributed by atoms with Crippen molar-refractivity contribution in [3.8, 4) is 10.6 Å². The van der Waals surface area contributed by atoms with Crippen LogP contribution in [0.2, 0.25) is 5.02 Å². The zero-order valence-electron chi connectivity index (χ0n) is 14.6. The van der Waals surface area contributed by atoms with Gasteiger partial charge >= 0.3 is 0 Å². The van der Waals surface area contributed by atoms with E-state index in [2.05, 4.69) is 23.1 Å². The smallest absolute Gasteiger partial charge is 0.267 e. The molecule has 3 heterocycles. The summed E-state index contributed by atoms with van der Waals surface area (Å²) in [6, 6.07) is 15.2. The number of rotatable bonds is 5. The molecule has 0 fully saturated rings. The summed E-state index contributed by atoms with van der Waals surface area (Å²) in [5.41, 5.74) is 2.69. The van der Waals surface area contributed by atoms with Gasteiger partial charge in [-0.2, -0.15) is 5.10 Å². The van der Waals surface area contributed by atoms with Gasteiger partial charge in [0.15, 0.2) is 0 Å². The molecular weight excluding hydrogens is 398 g/mol. The molecule has 0 atom stereocenters. The van der Waals surface area contributed by atoms with Crippen molar-refractivity contribution in [2.45, 2.75) is 19.9 Å². The Bertz CT molecular complexity index is 1130. The van der Waals surface area contributed by atoms with E-state index >= 15 is 0 Å². The SMILES string of the molecule is Cc1ccc(-c2ccc(=O)n(Cc3csc(Cc4ccc(Cl)cc4)n3)n2)s1. The van der Waals surface area contributed by atoms with Crippen LogP contribution in [0.15, 0.2) is 58.7 Å². The topological polar surface area (TPSA) is 47.8 Å². The molecule has 1 aromatic carbocycles. The van der Waals surface area contributed by atoms with Crippen molar-refractivity contribution in [1.29, 1.82) is 0 Å². The number of aromatic nitrogens is 3. The molecule has 4 rings (SSSR count). The lowest BCUT2D eigenvalue weighted by atomic mass is 10.2. The Morgan fingerprint density at radius 2 is 1.89 bits per heavy atom. The number of benzene rings is 1. The number of aryl methyl sites for hydroxylation is 1. The van der Waals surface area contributed by atoms with E-state index in [1.54, 1.807) is 34.8 Å². The van der Waals surface area contributed by atoms with Crippen molar-refractivity contribution < 1.29 is 0 Å². The Labute approximate surface area is 169 Å². The van der Waals surface area contributed by atoms with Gasteiger partial charge in [-0.1, -0.05) is 23.7 Å². The first-order valence-electron chi connectivity index (χ1n) is 8.39. The molecule has 0 amide bonds. The first-order valence-corrected chi connectivity index (χ1v) is 10.5. The van der Waals surface area contributed by atoms with Crippen LogP contribution in [0.25, 0.3) is 10.6 Å². The molecule has 0 aliphatic carbocycles. The first kappa shape index (κ1) is 18.1. The number of nitrogens with zero attached hydrogens (tertiary/aromatic N) is 3. The summed E-state index contributed by atoms with van der Waals surface area (Å²) < 4.78 is 1.48. The van der Waals surface area contributed by atoms with Crippen molar-refractivity contribution in [2.24, 2.45) is 0 Å². The third-order valence-corrected chi connectivity index (χ3v) is 6.21. The summed E-state index contributed by atoms with van der Waals surface area (Å²) in [6.07, 6.45) is 0.749. The van der Waals surface area contributed by atoms with Gasteiger partial charge in [0.1, 0.15) is 5.69 Å². The van der Waals surface area contributed by atoms with E-state index < -0.39 is 0 Å². The molecule has 0 unspecified atom stereocenters. The molecule has 0 radical (unpaired) electrons. The maximum atomic E-state index is 12.2. The van der Waals surface area contributed by atoms with Crippen molar-refractivity contribution in [3.05, 3.63) is 90.4 Å². The van der Waals surface area contributed by atoms with Crippen LogP contribution < -0.4 is 5.56 Å². The summed E-state index contributed by atoms with van der Waals surface area (Å²) in [4.78, 5) is 19.1. The quantitative estimate of drug-likeness (QED) is 0.461. The third-order valence-electron chi connectivity index (χ3n) is 4.04. The van der Waals surface area contributed by atoms with Gasteiger partial charge in [0.2, 0.25) is 0 Å². The minimum absolute atomic E-state index is 0.126. The van der Waals surface area contributed by atoms with Gasteiger partial charge in [-0.15, -0.1) is 22.7 Å². The highest BCUT2D eigenvalue weighted by atomic mass is 35.5. The molecule has 0 aliphatic rings. The zero-order valence-corrected chi connectivity index (χ0v) is 16.9. The molecule has 0 spiro atoms. The normalized spacial score (nSPS) is 11.0. The summed E-state index contributed by atoms with van der Waals surface area (Å²) in [6.45, 7) is 2.43. The Kier molecular flexibility index (Phi) is 5.20. The highest BCUT2D eigenvalue weighted by molar-refractivity contribution is 7.15. The third kappa shape index (κ3) is 4.35. The predicted molar refractivity (Wildman–Crippen MR) is 112 cm³/mol. The van der Waals surface area contributed by atoms with E-state index in [4.69, 9.17) is 11.6 Å². The minimum atomic E-state index is -0.126. The van der Waals surface area contributed by atoms with Crippen LogP contribution in [0, 0.1) is 6.92 Å². The van der Waals surface area contributed by atoms with Crippen molar-refractivity contribution in [2.75, 3.05) is 0 Å². The minimum Gasteiger partial charge on any atom is -0.268 e. The lowest BCUT2D eigenvalue weighted by molar-refractivity contribution is 0.633. The Balaban J connectivity index is 1.53. The van der Waals surface area contributed by atoms with E-state index in [0.717, 1.165) is 38.3 Å². The van der Waals surface area contributed by atoms with Gasteiger partial charge in [-0.05, 0) is 42.8 Å². The molecule has 0 aliphatic heterocycles. The van der Waals surface area contributed by atoms with Crippen LogP contribution in [0.1, 0.15) is 21.1 Å². The average Bonchev–Trinajstić information content (AvgIpc) is 3.28. The average molecular weight is 414 g/mol. The van der Waals surface area contributed by atoms with Crippen LogP contribution in [0.4, 0.5) is 0 Å². The standard InChI is InChI=1S/C20H16ClN3OS2/c1-13-2-8-18(27-13)17-7-9-20(25)24(23-17)11-16-12-26-19(22-16)10-14-3-5-15(21)6-4-14/h2-9,12H,10-11H2,1H3. The second kappa shape index (κ2) is 7.76. The molecule has 0 saturated carbocycles. The fourth-order valence-electron chi connectivity index (χ4n) is 2.70. The Morgan fingerprint density at radius 3 is 2.63 bits per heavy atom. The van der Waals surface area contributed by atoms with Gasteiger partial charge in [0.25, 0.3) is 5.56 Å². The first-order chi connectivity index (χ1) is 13.1. The van der Waals surface area contributed by atoms with E-state index in [1.807, 2.05) is 35.7 Å². The number of thiophene rings is 1. The molecule has 136 valence electrons. The lowest BCUT2D eigenvalue weighted by Gasteiger charge is -2.04. The van der Waals surface area contributed by atoms with Crippen LogP contribution in [-0.2, 0) is 13.0 Å². The molecule has 27 heavy (non-hydrogen) atoms. The molecule has 7 heteroatoms. The number of hydrogen-bond acceptors (Lipinski definition) is 5. The molecule has 0 bridgehead atoms. The number of halogens is 1. The molecule has 0 N–H and O–H groups in total. The largest absolute Gasteiger partial charge is 0.268 e. The molecular formula is C20H16ClN3OS2. The van der Waals surface area contributed by atoms with E-state index in [1.165, 1.54) is 9.56 Å².